The lowest BCUT2D eigenvalue weighted by Gasteiger charge is -2.19. The Morgan fingerprint density at radius 1 is 1.25 bits per heavy atom. The van der Waals surface area contributed by atoms with Gasteiger partial charge in [0.2, 0.25) is 0 Å². The first-order valence-electron chi connectivity index (χ1n) is 6.53. The summed E-state index contributed by atoms with van der Waals surface area (Å²) in [6, 6.07) is 8.05. The smallest absolute Gasteiger partial charge is 0.416 e. The molecule has 0 atom stereocenters. The largest absolute Gasteiger partial charge is 0.495 e. The maximum atomic E-state index is 12.7. The summed E-state index contributed by atoms with van der Waals surface area (Å²) in [6.45, 7) is 0. The summed E-state index contributed by atoms with van der Waals surface area (Å²) in [7, 11) is 1.41. The first-order valence-corrected chi connectivity index (χ1v) is 7.31. The van der Waals surface area contributed by atoms with E-state index in [-0.39, 0.29) is 11.4 Å². The minimum Gasteiger partial charge on any atom is -0.495 e. The predicted molar refractivity (Wildman–Crippen MR) is 89.9 cm³/mol. The van der Waals surface area contributed by atoms with E-state index < -0.39 is 17.8 Å². The fourth-order valence-corrected chi connectivity index (χ4v) is 2.22. The molecule has 128 valence electrons. The van der Waals surface area contributed by atoms with Gasteiger partial charge in [-0.25, -0.2) is 9.10 Å². The number of methoxy groups -OCH3 is 1. The second-order valence-electron chi connectivity index (χ2n) is 4.63. The third-order valence-electron chi connectivity index (χ3n) is 3.01. The number of hydrogen-bond acceptors (Lipinski definition) is 3. The molecule has 24 heavy (non-hydrogen) atoms. The Balaban J connectivity index is 2.23. The molecule has 0 aliphatic rings. The third-order valence-corrected chi connectivity index (χ3v) is 3.66. The lowest BCUT2D eigenvalue weighted by molar-refractivity contribution is -0.137. The molecule has 0 spiro atoms. The van der Waals surface area contributed by atoms with Crippen LogP contribution in [0.15, 0.2) is 42.5 Å². The number of amides is 2. The minimum absolute atomic E-state index is 0.0355. The maximum absolute atomic E-state index is 12.7. The number of carbonyl (C=O) groups excluding carboxylic acids is 1. The van der Waals surface area contributed by atoms with E-state index >= 15 is 0 Å². The highest BCUT2D eigenvalue weighted by molar-refractivity contribution is 7.82. The molecule has 2 aromatic rings. The summed E-state index contributed by atoms with van der Waals surface area (Å²) in [5, 5.41) is 2.84. The van der Waals surface area contributed by atoms with Crippen LogP contribution in [0.1, 0.15) is 5.56 Å². The summed E-state index contributed by atoms with van der Waals surface area (Å²) < 4.78 is 44.1. The van der Waals surface area contributed by atoms with Gasteiger partial charge in [-0.3, -0.25) is 0 Å². The number of hydrogen-bond donors (Lipinski definition) is 2. The SMILES string of the molecule is COc1ccc(Cl)cc1NC(=O)N(S)c1cccc(C(F)(F)F)c1. The summed E-state index contributed by atoms with van der Waals surface area (Å²) in [4.78, 5) is 12.2. The van der Waals surface area contributed by atoms with Crippen molar-refractivity contribution >= 4 is 41.8 Å². The summed E-state index contributed by atoms with van der Waals surface area (Å²) >= 11 is 9.82. The normalized spacial score (nSPS) is 11.1. The quantitative estimate of drug-likeness (QED) is 0.718. The number of thiol groups is 1. The van der Waals surface area contributed by atoms with Crippen LogP contribution in [-0.4, -0.2) is 13.1 Å². The van der Waals surface area contributed by atoms with Crippen LogP contribution >= 0.6 is 24.4 Å². The van der Waals surface area contributed by atoms with Crippen LogP contribution in [0, 0.1) is 0 Å². The molecule has 9 heteroatoms. The maximum Gasteiger partial charge on any atom is 0.416 e. The zero-order chi connectivity index (χ0) is 17.9. The summed E-state index contributed by atoms with van der Waals surface area (Å²) in [5.41, 5.74) is -0.653. The van der Waals surface area contributed by atoms with Crippen molar-refractivity contribution in [2.75, 3.05) is 16.7 Å². The van der Waals surface area contributed by atoms with E-state index in [0.29, 0.717) is 10.8 Å². The molecule has 4 nitrogen and oxygen atoms in total. The summed E-state index contributed by atoms with van der Waals surface area (Å²) in [5.74, 6) is 0.346. The molecule has 0 radical (unpaired) electrons. The zero-order valence-electron chi connectivity index (χ0n) is 12.3. The van der Waals surface area contributed by atoms with Crippen molar-refractivity contribution in [3.05, 3.63) is 53.1 Å². The van der Waals surface area contributed by atoms with Gasteiger partial charge in [-0.2, -0.15) is 13.2 Å². The average Bonchev–Trinajstić information content (AvgIpc) is 2.53. The second kappa shape index (κ2) is 7.23. The molecule has 0 saturated carbocycles. The Kier molecular flexibility index (Phi) is 5.51. The molecule has 0 fully saturated rings. The van der Waals surface area contributed by atoms with Crippen LogP contribution < -0.4 is 14.4 Å². The van der Waals surface area contributed by atoms with Crippen molar-refractivity contribution in [1.82, 2.24) is 0 Å². The predicted octanol–water partition coefficient (Wildman–Crippen LogP) is 5.25. The van der Waals surface area contributed by atoms with Crippen molar-refractivity contribution in [1.29, 1.82) is 0 Å². The number of nitrogens with one attached hydrogen (secondary N) is 1. The highest BCUT2D eigenvalue weighted by Gasteiger charge is 2.31. The number of ether oxygens (including phenoxy) is 1. The Bertz CT molecular complexity index is 756. The van der Waals surface area contributed by atoms with Crippen LogP contribution in [-0.2, 0) is 6.18 Å². The lowest BCUT2D eigenvalue weighted by Crippen LogP contribution is -2.27. The number of carbonyl (C=O) groups is 1. The van der Waals surface area contributed by atoms with Gasteiger partial charge in [-0.05, 0) is 36.4 Å². The molecule has 2 amide bonds. The molecule has 1 N–H and O–H groups in total. The van der Waals surface area contributed by atoms with Crippen molar-refractivity contribution in [3.63, 3.8) is 0 Å². The number of benzene rings is 2. The number of nitrogens with zero attached hydrogens (tertiary/aromatic N) is 1. The van der Waals surface area contributed by atoms with Gasteiger partial charge in [0.15, 0.2) is 0 Å². The number of rotatable bonds is 3. The highest BCUT2D eigenvalue weighted by Crippen LogP contribution is 2.33. The van der Waals surface area contributed by atoms with Crippen molar-refractivity contribution in [2.45, 2.75) is 6.18 Å². The molecule has 0 heterocycles. The van der Waals surface area contributed by atoms with Gasteiger partial charge in [-0.15, -0.1) is 0 Å². The number of alkyl halides is 3. The van der Waals surface area contributed by atoms with Gasteiger partial charge in [-0.1, -0.05) is 30.5 Å². The van der Waals surface area contributed by atoms with Crippen LogP contribution in [0.3, 0.4) is 0 Å². The highest BCUT2D eigenvalue weighted by atomic mass is 35.5. The van der Waals surface area contributed by atoms with E-state index in [4.69, 9.17) is 16.3 Å². The van der Waals surface area contributed by atoms with Gasteiger partial charge >= 0.3 is 12.2 Å². The molecule has 0 bridgehead atoms. The first-order chi connectivity index (χ1) is 11.2. The van der Waals surface area contributed by atoms with Crippen LogP contribution in [0.4, 0.5) is 29.3 Å². The van der Waals surface area contributed by atoms with Gasteiger partial charge < -0.3 is 10.1 Å². The molecule has 0 aliphatic carbocycles. The van der Waals surface area contributed by atoms with Crippen molar-refractivity contribution < 1.29 is 22.7 Å². The van der Waals surface area contributed by atoms with E-state index in [1.807, 2.05) is 0 Å². The standard InChI is InChI=1S/C15H12ClF3N2O2S/c1-23-13-6-5-10(16)8-12(13)20-14(22)21(24)11-4-2-3-9(7-11)15(17,18)19/h2-8,24H,1H3,(H,20,22). The topological polar surface area (TPSA) is 41.6 Å². The number of halogens is 4. The Labute approximate surface area is 146 Å². The Hall–Kier alpha value is -2.06. The van der Waals surface area contributed by atoms with Crippen LogP contribution in [0.2, 0.25) is 5.02 Å². The zero-order valence-corrected chi connectivity index (χ0v) is 13.9. The van der Waals surface area contributed by atoms with Crippen LogP contribution in [0.25, 0.3) is 0 Å². The van der Waals surface area contributed by atoms with E-state index in [9.17, 15) is 18.0 Å². The summed E-state index contributed by atoms with van der Waals surface area (Å²) in [6.07, 6.45) is -4.52. The Morgan fingerprint density at radius 2 is 1.96 bits per heavy atom. The molecule has 0 aromatic heterocycles. The average molecular weight is 377 g/mol. The van der Waals surface area contributed by atoms with E-state index in [0.717, 1.165) is 16.4 Å². The Morgan fingerprint density at radius 3 is 2.58 bits per heavy atom. The molecule has 2 rings (SSSR count). The minimum atomic E-state index is -4.52. The number of urea groups is 1. The van der Waals surface area contributed by atoms with E-state index in [1.54, 1.807) is 12.1 Å². The molecule has 0 aliphatic heterocycles. The van der Waals surface area contributed by atoms with Gasteiger partial charge in [0.25, 0.3) is 0 Å². The molecular formula is C15H12ClF3N2O2S. The first kappa shape index (κ1) is 18.3. The third kappa shape index (κ3) is 4.27. The van der Waals surface area contributed by atoms with Gasteiger partial charge in [0.1, 0.15) is 5.75 Å². The molecular weight excluding hydrogens is 365 g/mol. The molecule has 0 unspecified atom stereocenters. The molecule has 2 aromatic carbocycles. The second-order valence-corrected chi connectivity index (χ2v) is 5.47. The molecule has 0 saturated heterocycles. The van der Waals surface area contributed by atoms with Crippen molar-refractivity contribution in [2.24, 2.45) is 0 Å². The van der Waals surface area contributed by atoms with E-state index in [1.165, 1.54) is 25.3 Å². The van der Waals surface area contributed by atoms with Crippen LogP contribution in [0.5, 0.6) is 5.75 Å². The van der Waals surface area contributed by atoms with Crippen molar-refractivity contribution in [3.8, 4) is 5.75 Å². The monoisotopic (exact) mass is 376 g/mol. The fourth-order valence-electron chi connectivity index (χ4n) is 1.88. The fraction of sp³-hybridized carbons (Fsp3) is 0.133. The van der Waals surface area contributed by atoms with Gasteiger partial charge in [0.05, 0.1) is 24.0 Å². The lowest BCUT2D eigenvalue weighted by atomic mass is 10.2. The van der Waals surface area contributed by atoms with E-state index in [2.05, 4.69) is 18.1 Å². The van der Waals surface area contributed by atoms with Gasteiger partial charge in [0, 0.05) is 5.02 Å². The number of anilines is 2.